The predicted molar refractivity (Wildman–Crippen MR) is 97.8 cm³/mol. The number of nitrogens with zero attached hydrogens (tertiary/aromatic N) is 1. The summed E-state index contributed by atoms with van der Waals surface area (Å²) < 4.78 is 5.22. The smallest absolute Gasteiger partial charge is 0.234 e. The van der Waals surface area contributed by atoms with E-state index in [0.717, 1.165) is 38.3 Å². The van der Waals surface area contributed by atoms with Crippen molar-refractivity contribution in [3.8, 4) is 5.75 Å². The van der Waals surface area contributed by atoms with Gasteiger partial charge in [-0.2, -0.15) is 0 Å². The van der Waals surface area contributed by atoms with E-state index in [0.29, 0.717) is 12.5 Å². The minimum Gasteiger partial charge on any atom is -0.497 e. The molecule has 0 aromatic heterocycles. The van der Waals surface area contributed by atoms with Crippen molar-refractivity contribution in [1.82, 2.24) is 15.5 Å². The molecule has 1 heterocycles. The standard InChI is InChI=1S/C18H27N3O2.ClH/c1-23-16-7-5-15(6-8-16)18(14-3-4-14)20-17(22)13-21-11-2-9-19-10-12-21;/h5-8,14,18-19H,2-4,9-13H2,1H3,(H,20,22);1H. The molecule has 2 aliphatic rings. The summed E-state index contributed by atoms with van der Waals surface area (Å²) in [4.78, 5) is 14.7. The molecule has 5 nitrogen and oxygen atoms in total. The Morgan fingerprint density at radius 2 is 2.04 bits per heavy atom. The highest BCUT2D eigenvalue weighted by Gasteiger charge is 2.33. The van der Waals surface area contributed by atoms with Crippen LogP contribution >= 0.6 is 12.4 Å². The second-order valence-corrected chi connectivity index (χ2v) is 6.54. The third kappa shape index (κ3) is 5.36. The minimum absolute atomic E-state index is 0. The summed E-state index contributed by atoms with van der Waals surface area (Å²) in [5.74, 6) is 1.57. The van der Waals surface area contributed by atoms with Gasteiger partial charge in [0.05, 0.1) is 19.7 Å². The Hall–Kier alpha value is -1.30. The zero-order valence-electron chi connectivity index (χ0n) is 14.3. The van der Waals surface area contributed by atoms with E-state index in [1.54, 1.807) is 7.11 Å². The number of amides is 1. The SMILES string of the molecule is COc1ccc(C(NC(=O)CN2CCCNCC2)C2CC2)cc1.Cl. The quantitative estimate of drug-likeness (QED) is 0.821. The fourth-order valence-electron chi connectivity index (χ4n) is 3.20. The number of carbonyl (C=O) groups is 1. The minimum atomic E-state index is 0. The molecule has 24 heavy (non-hydrogen) atoms. The van der Waals surface area contributed by atoms with Crippen molar-refractivity contribution >= 4 is 18.3 Å². The number of ether oxygens (including phenoxy) is 1. The number of hydrogen-bond acceptors (Lipinski definition) is 4. The molecule has 3 rings (SSSR count). The Labute approximate surface area is 150 Å². The summed E-state index contributed by atoms with van der Waals surface area (Å²) in [5, 5.41) is 6.63. The zero-order chi connectivity index (χ0) is 16.1. The van der Waals surface area contributed by atoms with Crippen LogP contribution in [0.25, 0.3) is 0 Å². The number of nitrogens with one attached hydrogen (secondary N) is 2. The molecule has 1 aliphatic heterocycles. The van der Waals surface area contributed by atoms with E-state index in [2.05, 4.69) is 27.7 Å². The Morgan fingerprint density at radius 1 is 1.29 bits per heavy atom. The predicted octanol–water partition coefficient (Wildman–Crippen LogP) is 1.98. The average molecular weight is 354 g/mol. The zero-order valence-corrected chi connectivity index (χ0v) is 15.1. The molecule has 2 fully saturated rings. The van der Waals surface area contributed by atoms with Crippen LogP contribution in [0.15, 0.2) is 24.3 Å². The van der Waals surface area contributed by atoms with Crippen LogP contribution in [-0.2, 0) is 4.79 Å². The normalized spacial score (nSPS) is 19.7. The van der Waals surface area contributed by atoms with Gasteiger partial charge in [0.25, 0.3) is 0 Å². The Balaban J connectivity index is 0.00000208. The van der Waals surface area contributed by atoms with Crippen molar-refractivity contribution < 1.29 is 9.53 Å². The molecule has 1 aromatic carbocycles. The van der Waals surface area contributed by atoms with Gasteiger partial charge < -0.3 is 15.4 Å². The van der Waals surface area contributed by atoms with Crippen LogP contribution < -0.4 is 15.4 Å². The molecular weight excluding hydrogens is 326 g/mol. The highest BCUT2D eigenvalue weighted by molar-refractivity contribution is 5.85. The van der Waals surface area contributed by atoms with Gasteiger partial charge in [-0.3, -0.25) is 9.69 Å². The fourth-order valence-corrected chi connectivity index (χ4v) is 3.20. The average Bonchev–Trinajstić information content (AvgIpc) is 3.41. The molecule has 1 saturated heterocycles. The van der Waals surface area contributed by atoms with Crippen LogP contribution in [0.1, 0.15) is 30.9 Å². The van der Waals surface area contributed by atoms with Crippen LogP contribution in [0.5, 0.6) is 5.75 Å². The van der Waals surface area contributed by atoms with Gasteiger partial charge in [-0.05, 0) is 56.0 Å². The summed E-state index contributed by atoms with van der Waals surface area (Å²) >= 11 is 0. The van der Waals surface area contributed by atoms with Crippen molar-refractivity contribution in [2.75, 3.05) is 39.8 Å². The van der Waals surface area contributed by atoms with E-state index >= 15 is 0 Å². The number of rotatable bonds is 6. The lowest BCUT2D eigenvalue weighted by molar-refractivity contribution is -0.123. The maximum absolute atomic E-state index is 12.5. The Bertz CT molecular complexity index is 512. The summed E-state index contributed by atoms with van der Waals surface area (Å²) in [6, 6.07) is 8.21. The second-order valence-electron chi connectivity index (χ2n) is 6.54. The first-order valence-corrected chi connectivity index (χ1v) is 8.62. The summed E-state index contributed by atoms with van der Waals surface area (Å²) in [6.45, 7) is 4.47. The van der Waals surface area contributed by atoms with E-state index in [9.17, 15) is 4.79 Å². The van der Waals surface area contributed by atoms with Crippen LogP contribution in [0.2, 0.25) is 0 Å². The van der Waals surface area contributed by atoms with Crippen LogP contribution in [0, 0.1) is 5.92 Å². The largest absolute Gasteiger partial charge is 0.497 e. The lowest BCUT2D eigenvalue weighted by atomic mass is 10.0. The molecule has 6 heteroatoms. The summed E-state index contributed by atoms with van der Waals surface area (Å²) in [7, 11) is 1.67. The highest BCUT2D eigenvalue weighted by atomic mass is 35.5. The van der Waals surface area contributed by atoms with Gasteiger partial charge in [0.15, 0.2) is 0 Å². The number of halogens is 1. The second kappa shape index (κ2) is 9.25. The van der Waals surface area contributed by atoms with Gasteiger partial charge in [-0.15, -0.1) is 12.4 Å². The molecule has 1 unspecified atom stereocenters. The molecule has 2 N–H and O–H groups in total. The van der Waals surface area contributed by atoms with E-state index in [1.807, 2.05) is 12.1 Å². The first kappa shape index (κ1) is 19.0. The highest BCUT2D eigenvalue weighted by Crippen LogP contribution is 2.41. The third-order valence-corrected chi connectivity index (χ3v) is 4.68. The van der Waals surface area contributed by atoms with Gasteiger partial charge in [0.1, 0.15) is 5.75 Å². The summed E-state index contributed by atoms with van der Waals surface area (Å²) in [6.07, 6.45) is 3.51. The third-order valence-electron chi connectivity index (χ3n) is 4.68. The molecular formula is C18H28ClN3O2. The monoisotopic (exact) mass is 353 g/mol. The molecule has 0 radical (unpaired) electrons. The lowest BCUT2D eigenvalue weighted by Crippen LogP contribution is -2.40. The first-order valence-electron chi connectivity index (χ1n) is 8.62. The maximum Gasteiger partial charge on any atom is 0.234 e. The molecule has 0 spiro atoms. The molecule has 134 valence electrons. The first-order chi connectivity index (χ1) is 11.3. The number of benzene rings is 1. The van der Waals surface area contributed by atoms with Crippen LogP contribution in [-0.4, -0.2) is 50.6 Å². The Morgan fingerprint density at radius 3 is 2.71 bits per heavy atom. The van der Waals surface area contributed by atoms with Crippen molar-refractivity contribution in [2.45, 2.75) is 25.3 Å². The van der Waals surface area contributed by atoms with Gasteiger partial charge >= 0.3 is 0 Å². The topological polar surface area (TPSA) is 53.6 Å². The van der Waals surface area contributed by atoms with Crippen molar-refractivity contribution in [3.63, 3.8) is 0 Å². The van der Waals surface area contributed by atoms with Gasteiger partial charge in [0.2, 0.25) is 5.91 Å². The lowest BCUT2D eigenvalue weighted by Gasteiger charge is -2.23. The fraction of sp³-hybridized carbons (Fsp3) is 0.611. The van der Waals surface area contributed by atoms with Crippen molar-refractivity contribution in [3.05, 3.63) is 29.8 Å². The molecule has 0 bridgehead atoms. The number of methoxy groups -OCH3 is 1. The number of carbonyl (C=O) groups excluding carboxylic acids is 1. The van der Waals surface area contributed by atoms with E-state index in [-0.39, 0.29) is 24.4 Å². The van der Waals surface area contributed by atoms with E-state index < -0.39 is 0 Å². The van der Waals surface area contributed by atoms with Gasteiger partial charge in [0, 0.05) is 13.1 Å². The maximum atomic E-state index is 12.5. The molecule has 1 atom stereocenters. The molecule has 1 aromatic rings. The van der Waals surface area contributed by atoms with Crippen LogP contribution in [0.4, 0.5) is 0 Å². The van der Waals surface area contributed by atoms with Crippen LogP contribution in [0.3, 0.4) is 0 Å². The summed E-state index contributed by atoms with van der Waals surface area (Å²) in [5.41, 5.74) is 1.18. The van der Waals surface area contributed by atoms with Gasteiger partial charge in [-0.25, -0.2) is 0 Å². The molecule has 1 amide bonds. The number of hydrogen-bond donors (Lipinski definition) is 2. The Kier molecular flexibility index (Phi) is 7.34. The van der Waals surface area contributed by atoms with E-state index in [4.69, 9.17) is 4.74 Å². The van der Waals surface area contributed by atoms with Gasteiger partial charge in [-0.1, -0.05) is 12.1 Å². The molecule has 1 saturated carbocycles. The van der Waals surface area contributed by atoms with E-state index in [1.165, 1.54) is 18.4 Å². The molecule has 1 aliphatic carbocycles. The van der Waals surface area contributed by atoms with Crippen molar-refractivity contribution in [2.24, 2.45) is 5.92 Å². The van der Waals surface area contributed by atoms with Crippen molar-refractivity contribution in [1.29, 1.82) is 0 Å².